The topological polar surface area (TPSA) is 90.1 Å². The van der Waals surface area contributed by atoms with Gasteiger partial charge in [0.25, 0.3) is 5.91 Å². The van der Waals surface area contributed by atoms with Gasteiger partial charge in [-0.1, -0.05) is 13.0 Å². The van der Waals surface area contributed by atoms with E-state index < -0.39 is 0 Å². The fraction of sp³-hybridized carbons (Fsp3) is 0.167. The highest BCUT2D eigenvalue weighted by atomic mass is 16.5. The standard InChI is InChI=1S/C24H22N4O3/c1-4-17-5-6-18(31-19-9-16(3)30-14-19)10-20(17)22-12-27-23(13-26-22)28-24(29)21-11-25-8-7-15(21)2/h5-14H,4H2,1-3H3,(H,27,28,29). The molecule has 7 heteroatoms. The molecule has 0 aliphatic rings. The molecular weight excluding hydrogens is 392 g/mol. The monoisotopic (exact) mass is 414 g/mol. The largest absolute Gasteiger partial charge is 0.466 e. The molecule has 0 aliphatic heterocycles. The Labute approximate surface area is 180 Å². The average molecular weight is 414 g/mol. The number of amides is 1. The number of nitrogens with one attached hydrogen (secondary N) is 1. The van der Waals surface area contributed by atoms with Crippen LogP contribution in [0.25, 0.3) is 11.3 Å². The van der Waals surface area contributed by atoms with E-state index in [0.29, 0.717) is 28.6 Å². The van der Waals surface area contributed by atoms with Crippen LogP contribution in [-0.2, 0) is 6.42 Å². The van der Waals surface area contributed by atoms with Crippen molar-refractivity contribution in [2.24, 2.45) is 0 Å². The number of hydrogen-bond acceptors (Lipinski definition) is 6. The van der Waals surface area contributed by atoms with E-state index in [9.17, 15) is 4.79 Å². The van der Waals surface area contributed by atoms with Crippen LogP contribution in [0.3, 0.4) is 0 Å². The number of carbonyl (C=O) groups is 1. The molecule has 156 valence electrons. The van der Waals surface area contributed by atoms with Crippen molar-refractivity contribution >= 4 is 11.7 Å². The van der Waals surface area contributed by atoms with Gasteiger partial charge in [-0.3, -0.25) is 14.8 Å². The average Bonchev–Trinajstić information content (AvgIpc) is 3.19. The lowest BCUT2D eigenvalue weighted by Gasteiger charge is -2.11. The van der Waals surface area contributed by atoms with E-state index in [2.05, 4.69) is 27.2 Å². The Morgan fingerprint density at radius 2 is 1.94 bits per heavy atom. The zero-order valence-electron chi connectivity index (χ0n) is 17.5. The summed E-state index contributed by atoms with van der Waals surface area (Å²) in [6.07, 6.45) is 8.78. The fourth-order valence-corrected chi connectivity index (χ4v) is 3.19. The van der Waals surface area contributed by atoms with Crippen LogP contribution in [0.4, 0.5) is 5.82 Å². The molecule has 4 aromatic rings. The van der Waals surface area contributed by atoms with Crippen LogP contribution in [0.5, 0.6) is 11.5 Å². The Morgan fingerprint density at radius 3 is 2.61 bits per heavy atom. The van der Waals surface area contributed by atoms with Crippen molar-refractivity contribution in [1.29, 1.82) is 0 Å². The molecular formula is C24H22N4O3. The summed E-state index contributed by atoms with van der Waals surface area (Å²) in [5.41, 5.74) is 4.08. The van der Waals surface area contributed by atoms with Crippen LogP contribution in [0.2, 0.25) is 0 Å². The molecule has 1 amide bonds. The van der Waals surface area contributed by atoms with E-state index in [1.54, 1.807) is 30.9 Å². The number of aromatic nitrogens is 3. The second-order valence-corrected chi connectivity index (χ2v) is 7.10. The van der Waals surface area contributed by atoms with Crippen molar-refractivity contribution in [3.05, 3.63) is 83.8 Å². The number of anilines is 1. The van der Waals surface area contributed by atoms with Crippen molar-refractivity contribution in [1.82, 2.24) is 15.0 Å². The van der Waals surface area contributed by atoms with Gasteiger partial charge in [0.15, 0.2) is 11.6 Å². The smallest absolute Gasteiger partial charge is 0.258 e. The van der Waals surface area contributed by atoms with Crippen molar-refractivity contribution in [3.63, 3.8) is 0 Å². The quantitative estimate of drug-likeness (QED) is 0.457. The SMILES string of the molecule is CCc1ccc(Oc2coc(C)c2)cc1-c1cnc(NC(=O)c2cnccc2C)cn1. The summed E-state index contributed by atoms with van der Waals surface area (Å²) in [5.74, 6) is 2.20. The highest BCUT2D eigenvalue weighted by Crippen LogP contribution is 2.30. The lowest BCUT2D eigenvalue weighted by atomic mass is 10.0. The number of ether oxygens (including phenoxy) is 1. The number of aryl methyl sites for hydroxylation is 3. The Balaban J connectivity index is 1.55. The van der Waals surface area contributed by atoms with E-state index in [1.165, 1.54) is 6.20 Å². The maximum Gasteiger partial charge on any atom is 0.258 e. The minimum Gasteiger partial charge on any atom is -0.466 e. The van der Waals surface area contributed by atoms with Gasteiger partial charge in [0, 0.05) is 24.0 Å². The summed E-state index contributed by atoms with van der Waals surface area (Å²) >= 11 is 0. The number of carbonyl (C=O) groups excluding carboxylic acids is 1. The molecule has 7 nitrogen and oxygen atoms in total. The van der Waals surface area contributed by atoms with Crippen LogP contribution in [0.1, 0.15) is 34.2 Å². The Morgan fingerprint density at radius 1 is 1.06 bits per heavy atom. The molecule has 0 radical (unpaired) electrons. The zero-order chi connectivity index (χ0) is 21.8. The Hall–Kier alpha value is -4.00. The van der Waals surface area contributed by atoms with E-state index >= 15 is 0 Å². The molecule has 0 fully saturated rings. The molecule has 3 aromatic heterocycles. The van der Waals surface area contributed by atoms with Crippen LogP contribution < -0.4 is 10.1 Å². The molecule has 0 aliphatic carbocycles. The number of rotatable bonds is 6. The van der Waals surface area contributed by atoms with E-state index in [4.69, 9.17) is 9.15 Å². The molecule has 0 bridgehead atoms. The van der Waals surface area contributed by atoms with Crippen molar-refractivity contribution in [3.8, 4) is 22.8 Å². The van der Waals surface area contributed by atoms with Gasteiger partial charge in [0.2, 0.25) is 0 Å². The first-order chi connectivity index (χ1) is 15.0. The van der Waals surface area contributed by atoms with Gasteiger partial charge in [-0.15, -0.1) is 0 Å². The third kappa shape index (κ3) is 4.61. The number of nitrogens with zero attached hydrogens (tertiary/aromatic N) is 3. The van der Waals surface area contributed by atoms with Crippen LogP contribution in [0.15, 0.2) is 65.8 Å². The Bertz CT molecular complexity index is 1220. The van der Waals surface area contributed by atoms with Crippen LogP contribution >= 0.6 is 0 Å². The molecule has 0 saturated carbocycles. The molecule has 4 rings (SSSR count). The molecule has 1 N–H and O–H groups in total. The summed E-state index contributed by atoms with van der Waals surface area (Å²) in [6.45, 7) is 5.80. The highest BCUT2D eigenvalue weighted by Gasteiger charge is 2.12. The summed E-state index contributed by atoms with van der Waals surface area (Å²) < 4.78 is 11.2. The summed E-state index contributed by atoms with van der Waals surface area (Å²) in [5, 5.41) is 2.77. The predicted octanol–water partition coefficient (Wildman–Crippen LogP) is 5.36. The van der Waals surface area contributed by atoms with E-state index in [-0.39, 0.29) is 5.91 Å². The molecule has 1 aromatic carbocycles. The maximum atomic E-state index is 12.5. The summed E-state index contributed by atoms with van der Waals surface area (Å²) in [4.78, 5) is 25.4. The first-order valence-corrected chi connectivity index (χ1v) is 9.93. The fourth-order valence-electron chi connectivity index (χ4n) is 3.19. The van der Waals surface area contributed by atoms with Gasteiger partial charge in [0.1, 0.15) is 17.8 Å². The third-order valence-corrected chi connectivity index (χ3v) is 4.86. The third-order valence-electron chi connectivity index (χ3n) is 4.86. The number of benzene rings is 1. The van der Waals surface area contributed by atoms with Crippen LogP contribution in [0, 0.1) is 13.8 Å². The minimum atomic E-state index is -0.271. The predicted molar refractivity (Wildman–Crippen MR) is 117 cm³/mol. The number of pyridine rings is 1. The van der Waals surface area contributed by atoms with Crippen molar-refractivity contribution in [2.75, 3.05) is 5.32 Å². The van der Waals surface area contributed by atoms with E-state index in [0.717, 1.165) is 28.9 Å². The van der Waals surface area contributed by atoms with Gasteiger partial charge < -0.3 is 14.5 Å². The van der Waals surface area contributed by atoms with E-state index in [1.807, 2.05) is 38.1 Å². The van der Waals surface area contributed by atoms with Gasteiger partial charge in [-0.2, -0.15) is 0 Å². The second kappa shape index (κ2) is 8.79. The molecule has 3 heterocycles. The lowest BCUT2D eigenvalue weighted by Crippen LogP contribution is -2.14. The van der Waals surface area contributed by atoms with Crippen LogP contribution in [-0.4, -0.2) is 20.9 Å². The zero-order valence-corrected chi connectivity index (χ0v) is 17.5. The minimum absolute atomic E-state index is 0.271. The molecule has 31 heavy (non-hydrogen) atoms. The molecule has 0 atom stereocenters. The van der Waals surface area contributed by atoms with Crippen molar-refractivity contribution in [2.45, 2.75) is 27.2 Å². The first kappa shape index (κ1) is 20.3. The normalized spacial score (nSPS) is 10.7. The highest BCUT2D eigenvalue weighted by molar-refractivity contribution is 6.04. The lowest BCUT2D eigenvalue weighted by molar-refractivity contribution is 0.102. The van der Waals surface area contributed by atoms with Gasteiger partial charge in [-0.25, -0.2) is 4.98 Å². The summed E-state index contributed by atoms with van der Waals surface area (Å²) in [6, 6.07) is 9.48. The van der Waals surface area contributed by atoms with Gasteiger partial charge in [0.05, 0.1) is 23.7 Å². The molecule has 0 spiro atoms. The summed E-state index contributed by atoms with van der Waals surface area (Å²) in [7, 11) is 0. The van der Waals surface area contributed by atoms with Gasteiger partial charge >= 0.3 is 0 Å². The molecule has 0 unspecified atom stereocenters. The Kier molecular flexibility index (Phi) is 5.75. The number of furan rings is 1. The second-order valence-electron chi connectivity index (χ2n) is 7.10. The maximum absolute atomic E-state index is 12.5. The number of hydrogen-bond donors (Lipinski definition) is 1. The molecule has 0 saturated heterocycles. The van der Waals surface area contributed by atoms with Gasteiger partial charge in [-0.05, 0) is 49.6 Å². The van der Waals surface area contributed by atoms with Crippen molar-refractivity contribution < 1.29 is 13.9 Å². The first-order valence-electron chi connectivity index (χ1n) is 9.93.